The third kappa shape index (κ3) is 3.00. The number of hydrogen-bond donors (Lipinski definition) is 2. The van der Waals surface area contributed by atoms with Gasteiger partial charge >= 0.3 is 0 Å². The van der Waals surface area contributed by atoms with E-state index in [1.807, 2.05) is 19.1 Å². The van der Waals surface area contributed by atoms with Crippen LogP contribution in [-0.2, 0) is 10.0 Å². The highest BCUT2D eigenvalue weighted by atomic mass is 35.5. The topological polar surface area (TPSA) is 72.2 Å². The molecule has 0 aromatic heterocycles. The molecule has 0 saturated heterocycles. The Kier molecular flexibility index (Phi) is 3.68. The molecule has 0 amide bonds. The largest absolute Gasteiger partial charge is 0.398 e. The summed E-state index contributed by atoms with van der Waals surface area (Å²) in [5.41, 5.74) is 7.17. The number of sulfonamides is 1. The van der Waals surface area contributed by atoms with Crippen LogP contribution in [0.25, 0.3) is 0 Å². The van der Waals surface area contributed by atoms with Gasteiger partial charge in [0.1, 0.15) is 4.90 Å². The second-order valence-corrected chi connectivity index (χ2v) is 6.19. The van der Waals surface area contributed by atoms with Gasteiger partial charge in [0, 0.05) is 5.02 Å². The second kappa shape index (κ2) is 5.11. The fourth-order valence-corrected chi connectivity index (χ4v) is 3.08. The molecule has 2 aromatic rings. The summed E-state index contributed by atoms with van der Waals surface area (Å²) in [5.74, 6) is 0. The third-order valence-electron chi connectivity index (χ3n) is 2.65. The summed E-state index contributed by atoms with van der Waals surface area (Å²) in [6, 6.07) is 11.4. The number of halogens is 1. The number of para-hydroxylation sites is 1. The summed E-state index contributed by atoms with van der Waals surface area (Å²) in [4.78, 5) is 0.0140. The molecule has 2 aromatic carbocycles. The summed E-state index contributed by atoms with van der Waals surface area (Å²) >= 11 is 5.76. The van der Waals surface area contributed by atoms with Crippen molar-refractivity contribution in [1.82, 2.24) is 0 Å². The summed E-state index contributed by atoms with van der Waals surface area (Å²) < 4.78 is 27.0. The number of aryl methyl sites for hydroxylation is 1. The van der Waals surface area contributed by atoms with Gasteiger partial charge in [-0.1, -0.05) is 29.8 Å². The number of anilines is 2. The molecule has 0 unspecified atom stereocenters. The number of hydrogen-bond acceptors (Lipinski definition) is 3. The first-order valence-corrected chi connectivity index (χ1v) is 7.40. The number of nitrogens with one attached hydrogen (secondary N) is 1. The molecule has 4 nitrogen and oxygen atoms in total. The lowest BCUT2D eigenvalue weighted by atomic mass is 10.2. The average molecular weight is 297 g/mol. The smallest absolute Gasteiger partial charge is 0.263 e. The number of nitrogens with two attached hydrogens (primary N) is 1. The molecular formula is C13H13ClN2O2S. The van der Waals surface area contributed by atoms with Crippen molar-refractivity contribution >= 4 is 33.0 Å². The minimum Gasteiger partial charge on any atom is -0.398 e. The maximum atomic E-state index is 12.3. The SMILES string of the molecule is Cc1ccccc1NS(=O)(=O)c1ccc(Cl)cc1N. The predicted octanol–water partition coefficient (Wildman–Crippen LogP) is 3.03. The van der Waals surface area contributed by atoms with Crippen LogP contribution in [0, 0.1) is 6.92 Å². The molecule has 6 heteroatoms. The van der Waals surface area contributed by atoms with Gasteiger partial charge in [0.15, 0.2) is 0 Å². The van der Waals surface area contributed by atoms with Crippen LogP contribution < -0.4 is 10.5 Å². The fourth-order valence-electron chi connectivity index (χ4n) is 1.65. The van der Waals surface area contributed by atoms with Crippen molar-refractivity contribution in [2.24, 2.45) is 0 Å². The van der Waals surface area contributed by atoms with Crippen molar-refractivity contribution in [2.45, 2.75) is 11.8 Å². The molecule has 0 saturated carbocycles. The molecule has 100 valence electrons. The van der Waals surface area contributed by atoms with Crippen molar-refractivity contribution in [3.8, 4) is 0 Å². The molecule has 19 heavy (non-hydrogen) atoms. The van der Waals surface area contributed by atoms with Crippen LogP contribution in [0.4, 0.5) is 11.4 Å². The Morgan fingerprint density at radius 1 is 1.16 bits per heavy atom. The molecule has 0 radical (unpaired) electrons. The zero-order valence-electron chi connectivity index (χ0n) is 10.2. The quantitative estimate of drug-likeness (QED) is 0.855. The summed E-state index contributed by atoms with van der Waals surface area (Å²) in [6.45, 7) is 1.82. The highest BCUT2D eigenvalue weighted by Gasteiger charge is 2.18. The van der Waals surface area contributed by atoms with Crippen molar-refractivity contribution in [2.75, 3.05) is 10.5 Å². The summed E-state index contributed by atoms with van der Waals surface area (Å²) in [7, 11) is -3.72. The molecule has 0 aliphatic rings. The lowest BCUT2D eigenvalue weighted by Crippen LogP contribution is -2.15. The normalized spacial score (nSPS) is 11.3. The molecule has 3 N–H and O–H groups in total. The van der Waals surface area contributed by atoms with E-state index in [0.717, 1.165) is 5.56 Å². The van der Waals surface area contributed by atoms with E-state index >= 15 is 0 Å². The maximum Gasteiger partial charge on any atom is 0.263 e. The van der Waals surface area contributed by atoms with Crippen molar-refractivity contribution in [3.05, 3.63) is 53.1 Å². The second-order valence-electron chi connectivity index (χ2n) is 4.10. The van der Waals surface area contributed by atoms with Gasteiger partial charge in [-0.25, -0.2) is 8.42 Å². The number of nitrogen functional groups attached to an aromatic ring is 1. The fraction of sp³-hybridized carbons (Fsp3) is 0.0769. The first-order chi connectivity index (χ1) is 8.90. The van der Waals surface area contributed by atoms with E-state index in [0.29, 0.717) is 10.7 Å². The van der Waals surface area contributed by atoms with E-state index in [9.17, 15) is 8.42 Å². The summed E-state index contributed by atoms with van der Waals surface area (Å²) in [6.07, 6.45) is 0. The van der Waals surface area contributed by atoms with E-state index in [4.69, 9.17) is 17.3 Å². The van der Waals surface area contributed by atoms with Crippen LogP contribution in [0.3, 0.4) is 0 Å². The van der Waals surface area contributed by atoms with E-state index < -0.39 is 10.0 Å². The summed E-state index contributed by atoms with van der Waals surface area (Å²) in [5, 5.41) is 0.396. The molecule has 0 atom stereocenters. The lowest BCUT2D eigenvalue weighted by Gasteiger charge is -2.12. The molecule has 0 aliphatic heterocycles. The van der Waals surface area contributed by atoms with Gasteiger partial charge in [-0.2, -0.15) is 0 Å². The van der Waals surface area contributed by atoms with E-state index in [1.165, 1.54) is 18.2 Å². The minimum atomic E-state index is -3.72. The van der Waals surface area contributed by atoms with Crippen molar-refractivity contribution < 1.29 is 8.42 Å². The minimum absolute atomic E-state index is 0.0140. The lowest BCUT2D eigenvalue weighted by molar-refractivity contribution is 0.601. The molecular weight excluding hydrogens is 284 g/mol. The van der Waals surface area contributed by atoms with Crippen LogP contribution in [0.15, 0.2) is 47.4 Å². The molecule has 0 aliphatic carbocycles. The predicted molar refractivity (Wildman–Crippen MR) is 77.9 cm³/mol. The van der Waals surface area contributed by atoms with Gasteiger partial charge in [0.2, 0.25) is 0 Å². The van der Waals surface area contributed by atoms with Crippen molar-refractivity contribution in [1.29, 1.82) is 0 Å². The zero-order valence-corrected chi connectivity index (χ0v) is 11.8. The monoisotopic (exact) mass is 296 g/mol. The first-order valence-electron chi connectivity index (χ1n) is 5.53. The van der Waals surface area contributed by atoms with Gasteiger partial charge in [-0.3, -0.25) is 4.72 Å². The first kappa shape index (κ1) is 13.7. The third-order valence-corrected chi connectivity index (χ3v) is 4.33. The standard InChI is InChI=1S/C13H13ClN2O2S/c1-9-4-2-3-5-12(9)16-19(17,18)13-7-6-10(14)8-11(13)15/h2-8,16H,15H2,1H3. The van der Waals surface area contributed by atoms with Gasteiger partial charge in [-0.15, -0.1) is 0 Å². The maximum absolute atomic E-state index is 12.3. The van der Waals surface area contributed by atoms with E-state index in [-0.39, 0.29) is 10.6 Å². The highest BCUT2D eigenvalue weighted by Crippen LogP contribution is 2.25. The average Bonchev–Trinajstić information content (AvgIpc) is 2.31. The van der Waals surface area contributed by atoms with Crippen LogP contribution in [0.5, 0.6) is 0 Å². The van der Waals surface area contributed by atoms with Gasteiger partial charge in [0.05, 0.1) is 11.4 Å². The Balaban J connectivity index is 2.41. The van der Waals surface area contributed by atoms with Crippen LogP contribution in [0.2, 0.25) is 5.02 Å². The van der Waals surface area contributed by atoms with Crippen LogP contribution in [0.1, 0.15) is 5.56 Å². The highest BCUT2D eigenvalue weighted by molar-refractivity contribution is 7.92. The Bertz CT molecular complexity index is 714. The molecule has 0 spiro atoms. The number of rotatable bonds is 3. The molecule has 0 fully saturated rings. The van der Waals surface area contributed by atoms with Crippen LogP contribution >= 0.6 is 11.6 Å². The Morgan fingerprint density at radius 3 is 2.47 bits per heavy atom. The number of benzene rings is 2. The van der Waals surface area contributed by atoms with Crippen molar-refractivity contribution in [3.63, 3.8) is 0 Å². The Morgan fingerprint density at radius 2 is 1.84 bits per heavy atom. The Hall–Kier alpha value is -1.72. The molecule has 0 bridgehead atoms. The van der Waals surface area contributed by atoms with E-state index in [2.05, 4.69) is 4.72 Å². The molecule has 0 heterocycles. The van der Waals surface area contributed by atoms with Crippen LogP contribution in [-0.4, -0.2) is 8.42 Å². The zero-order chi connectivity index (χ0) is 14.0. The molecule has 2 rings (SSSR count). The Labute approximate surface area is 117 Å². The van der Waals surface area contributed by atoms with Gasteiger partial charge in [0.25, 0.3) is 10.0 Å². The van der Waals surface area contributed by atoms with Gasteiger partial charge in [-0.05, 0) is 36.8 Å². The van der Waals surface area contributed by atoms with E-state index in [1.54, 1.807) is 12.1 Å². The van der Waals surface area contributed by atoms with Gasteiger partial charge < -0.3 is 5.73 Å².